The fraction of sp³-hybridized carbons (Fsp3) is 0.417. The zero-order chi connectivity index (χ0) is 21.5. The average Bonchev–Trinajstić information content (AvgIpc) is 3.24. The van der Waals surface area contributed by atoms with Crippen LogP contribution in [0.2, 0.25) is 5.02 Å². The first kappa shape index (κ1) is 22.3. The van der Waals surface area contributed by atoms with Gasteiger partial charge >= 0.3 is 0 Å². The molecule has 2 aromatic carbocycles. The van der Waals surface area contributed by atoms with Gasteiger partial charge in [-0.1, -0.05) is 67.8 Å². The summed E-state index contributed by atoms with van der Waals surface area (Å²) in [4.78, 5) is 27.9. The molecule has 0 aliphatic heterocycles. The van der Waals surface area contributed by atoms with Crippen molar-refractivity contribution in [3.8, 4) is 0 Å². The van der Waals surface area contributed by atoms with Crippen molar-refractivity contribution in [1.29, 1.82) is 0 Å². The highest BCUT2D eigenvalue weighted by Gasteiger charge is 2.31. The van der Waals surface area contributed by atoms with E-state index >= 15 is 0 Å². The summed E-state index contributed by atoms with van der Waals surface area (Å²) in [6.07, 6.45) is 4.51. The summed E-state index contributed by atoms with van der Waals surface area (Å²) < 4.78 is 14.1. The molecule has 1 fully saturated rings. The van der Waals surface area contributed by atoms with E-state index in [0.717, 1.165) is 31.2 Å². The molecule has 4 nitrogen and oxygen atoms in total. The van der Waals surface area contributed by atoms with E-state index < -0.39 is 11.9 Å². The van der Waals surface area contributed by atoms with E-state index in [1.54, 1.807) is 24.3 Å². The number of benzene rings is 2. The molecule has 0 saturated heterocycles. The SMILES string of the molecule is CC[C@@H](C(=O)NC1CCCC1)N(Cc1ccccc1Cl)C(=O)Cc1ccccc1F. The van der Waals surface area contributed by atoms with Gasteiger partial charge in [0.15, 0.2) is 0 Å². The quantitative estimate of drug-likeness (QED) is 0.648. The molecule has 0 heterocycles. The molecule has 0 spiro atoms. The first-order valence-electron chi connectivity index (χ1n) is 10.6. The number of amides is 2. The van der Waals surface area contributed by atoms with Crippen LogP contribution in [0.5, 0.6) is 0 Å². The van der Waals surface area contributed by atoms with Crippen LogP contribution in [0.25, 0.3) is 0 Å². The predicted octanol–water partition coefficient (Wildman–Crippen LogP) is 4.89. The highest BCUT2D eigenvalue weighted by Crippen LogP contribution is 2.22. The van der Waals surface area contributed by atoms with Crippen molar-refractivity contribution in [3.05, 3.63) is 70.5 Å². The second kappa shape index (κ2) is 10.6. The molecule has 1 saturated carbocycles. The summed E-state index contributed by atoms with van der Waals surface area (Å²) in [6.45, 7) is 2.08. The summed E-state index contributed by atoms with van der Waals surface area (Å²) in [7, 11) is 0. The van der Waals surface area contributed by atoms with Crippen molar-refractivity contribution in [2.24, 2.45) is 0 Å². The van der Waals surface area contributed by atoms with Crippen molar-refractivity contribution in [2.45, 2.75) is 64.1 Å². The first-order chi connectivity index (χ1) is 14.5. The zero-order valence-electron chi connectivity index (χ0n) is 17.2. The lowest BCUT2D eigenvalue weighted by atomic mass is 10.1. The third-order valence-corrected chi connectivity index (χ3v) is 6.05. The van der Waals surface area contributed by atoms with Gasteiger partial charge in [-0.3, -0.25) is 9.59 Å². The average molecular weight is 431 g/mol. The molecule has 0 radical (unpaired) electrons. The predicted molar refractivity (Wildman–Crippen MR) is 117 cm³/mol. The molecule has 0 aromatic heterocycles. The van der Waals surface area contributed by atoms with Crippen molar-refractivity contribution in [2.75, 3.05) is 0 Å². The summed E-state index contributed by atoms with van der Waals surface area (Å²) in [5.74, 6) is -0.876. The van der Waals surface area contributed by atoms with Crippen LogP contribution in [0, 0.1) is 5.82 Å². The van der Waals surface area contributed by atoms with Gasteiger partial charge in [-0.15, -0.1) is 0 Å². The van der Waals surface area contributed by atoms with Gasteiger partial charge in [-0.25, -0.2) is 4.39 Å². The van der Waals surface area contributed by atoms with E-state index in [4.69, 9.17) is 11.6 Å². The van der Waals surface area contributed by atoms with Gasteiger partial charge < -0.3 is 10.2 Å². The minimum absolute atomic E-state index is 0.107. The van der Waals surface area contributed by atoms with Crippen LogP contribution in [-0.2, 0) is 22.6 Å². The van der Waals surface area contributed by atoms with Gasteiger partial charge in [0.2, 0.25) is 11.8 Å². The second-order valence-electron chi connectivity index (χ2n) is 7.80. The van der Waals surface area contributed by atoms with Crippen molar-refractivity contribution < 1.29 is 14.0 Å². The number of hydrogen-bond acceptors (Lipinski definition) is 2. The Balaban J connectivity index is 1.84. The van der Waals surface area contributed by atoms with Crippen molar-refractivity contribution >= 4 is 23.4 Å². The fourth-order valence-corrected chi connectivity index (χ4v) is 4.20. The zero-order valence-corrected chi connectivity index (χ0v) is 18.0. The Bertz CT molecular complexity index is 883. The van der Waals surface area contributed by atoms with Crippen LogP contribution in [0.15, 0.2) is 48.5 Å². The lowest BCUT2D eigenvalue weighted by molar-refractivity contribution is -0.141. The minimum Gasteiger partial charge on any atom is -0.352 e. The minimum atomic E-state index is -0.638. The van der Waals surface area contributed by atoms with Gasteiger partial charge in [-0.2, -0.15) is 0 Å². The van der Waals surface area contributed by atoms with Gasteiger partial charge in [-0.05, 0) is 42.5 Å². The molecule has 6 heteroatoms. The van der Waals surface area contributed by atoms with E-state index in [-0.39, 0.29) is 30.8 Å². The number of nitrogens with zero attached hydrogens (tertiary/aromatic N) is 1. The monoisotopic (exact) mass is 430 g/mol. The van der Waals surface area contributed by atoms with E-state index in [1.807, 2.05) is 25.1 Å². The summed E-state index contributed by atoms with van der Waals surface area (Å²) >= 11 is 6.32. The summed E-state index contributed by atoms with van der Waals surface area (Å²) in [6, 6.07) is 13.0. The van der Waals surface area contributed by atoms with Gasteiger partial charge in [0.05, 0.1) is 6.42 Å². The molecular weight excluding hydrogens is 403 g/mol. The normalized spacial score (nSPS) is 15.0. The van der Waals surface area contributed by atoms with Crippen LogP contribution in [0.1, 0.15) is 50.2 Å². The van der Waals surface area contributed by atoms with Crippen molar-refractivity contribution in [3.63, 3.8) is 0 Å². The van der Waals surface area contributed by atoms with Crippen LogP contribution in [-0.4, -0.2) is 28.8 Å². The lowest BCUT2D eigenvalue weighted by Crippen LogP contribution is -2.51. The molecule has 2 aromatic rings. The van der Waals surface area contributed by atoms with Crippen LogP contribution >= 0.6 is 11.6 Å². The Morgan fingerprint density at radius 2 is 1.73 bits per heavy atom. The standard InChI is InChI=1S/C24H28ClFN2O2/c1-2-22(24(30)27-19-11-5-6-12-19)28(16-18-10-3-7-13-20(18)25)23(29)15-17-9-4-8-14-21(17)26/h3-4,7-10,13-14,19,22H,2,5-6,11-12,15-16H2,1H3,(H,27,30)/t22-/m0/s1. The molecule has 3 rings (SSSR count). The molecule has 1 N–H and O–H groups in total. The number of carbonyl (C=O) groups excluding carboxylic acids is 2. The molecule has 0 bridgehead atoms. The van der Waals surface area contributed by atoms with E-state index in [2.05, 4.69) is 5.32 Å². The van der Waals surface area contributed by atoms with E-state index in [9.17, 15) is 14.0 Å². The molecule has 30 heavy (non-hydrogen) atoms. The van der Waals surface area contributed by atoms with Gasteiger partial charge in [0.1, 0.15) is 11.9 Å². The highest BCUT2D eigenvalue weighted by molar-refractivity contribution is 6.31. The molecule has 0 unspecified atom stereocenters. The number of halogens is 2. The molecule has 1 aliphatic rings. The highest BCUT2D eigenvalue weighted by atomic mass is 35.5. The lowest BCUT2D eigenvalue weighted by Gasteiger charge is -2.32. The number of carbonyl (C=O) groups is 2. The van der Waals surface area contributed by atoms with Crippen molar-refractivity contribution in [1.82, 2.24) is 10.2 Å². The smallest absolute Gasteiger partial charge is 0.243 e. The largest absolute Gasteiger partial charge is 0.352 e. The summed E-state index contributed by atoms with van der Waals surface area (Å²) in [5.41, 5.74) is 1.07. The van der Waals surface area contributed by atoms with E-state index in [1.165, 1.54) is 11.0 Å². The number of hydrogen-bond donors (Lipinski definition) is 1. The molecular formula is C24H28ClFN2O2. The molecule has 1 aliphatic carbocycles. The number of nitrogens with one attached hydrogen (secondary N) is 1. The molecule has 2 amide bonds. The van der Waals surface area contributed by atoms with Crippen LogP contribution < -0.4 is 5.32 Å². The van der Waals surface area contributed by atoms with Gasteiger partial charge in [0, 0.05) is 17.6 Å². The maximum absolute atomic E-state index is 14.1. The first-order valence-corrected chi connectivity index (χ1v) is 10.9. The second-order valence-corrected chi connectivity index (χ2v) is 8.20. The maximum atomic E-state index is 14.1. The molecule has 1 atom stereocenters. The Labute approximate surface area is 182 Å². The van der Waals surface area contributed by atoms with E-state index in [0.29, 0.717) is 17.0 Å². The Kier molecular flexibility index (Phi) is 7.86. The fourth-order valence-electron chi connectivity index (χ4n) is 4.00. The van der Waals surface area contributed by atoms with Crippen LogP contribution in [0.3, 0.4) is 0 Å². The topological polar surface area (TPSA) is 49.4 Å². The number of rotatable bonds is 8. The third-order valence-electron chi connectivity index (χ3n) is 5.69. The van der Waals surface area contributed by atoms with Crippen LogP contribution in [0.4, 0.5) is 4.39 Å². The van der Waals surface area contributed by atoms with Gasteiger partial charge in [0.25, 0.3) is 0 Å². The molecule has 160 valence electrons. The maximum Gasteiger partial charge on any atom is 0.243 e. The Morgan fingerprint density at radius 3 is 2.37 bits per heavy atom. The Morgan fingerprint density at radius 1 is 1.10 bits per heavy atom. The third kappa shape index (κ3) is 5.60. The Hall–Kier alpha value is -2.40. The summed E-state index contributed by atoms with van der Waals surface area (Å²) in [5, 5.41) is 3.64.